The number of hydrogen-bond donors (Lipinski definition) is 5. The van der Waals surface area contributed by atoms with E-state index in [1.165, 1.54) is 0 Å². The minimum Gasteiger partial charge on any atom is -0.480 e. The molecule has 3 atom stereocenters. The van der Waals surface area contributed by atoms with Gasteiger partial charge in [0, 0.05) is 37.6 Å². The molecule has 5 N–H and O–H groups in total. The number of halogens is 6. The van der Waals surface area contributed by atoms with Gasteiger partial charge in [0.05, 0.1) is 19.3 Å². The second-order valence-corrected chi connectivity index (χ2v) is 14.4. The zero-order valence-corrected chi connectivity index (χ0v) is 33.7. The van der Waals surface area contributed by atoms with Crippen LogP contribution in [-0.2, 0) is 43.5 Å². The van der Waals surface area contributed by atoms with Crippen LogP contribution in [0.3, 0.4) is 0 Å². The number of hydrogen-bond acceptors (Lipinski definition) is 8. The summed E-state index contributed by atoms with van der Waals surface area (Å²) in [6.45, 7) is 5.69. The Morgan fingerprint density at radius 3 is 1.98 bits per heavy atom. The Balaban J connectivity index is 0.000000758. The van der Waals surface area contributed by atoms with E-state index in [-0.39, 0.29) is 36.7 Å². The molecule has 0 saturated heterocycles. The highest BCUT2D eigenvalue weighted by molar-refractivity contribution is 7.98. The van der Waals surface area contributed by atoms with Gasteiger partial charge in [0.2, 0.25) is 11.8 Å². The van der Waals surface area contributed by atoms with Crippen molar-refractivity contribution in [3.8, 4) is 0 Å². The number of alkyl halides is 6. The van der Waals surface area contributed by atoms with E-state index in [1.54, 1.807) is 24.3 Å². The lowest BCUT2D eigenvalue weighted by Gasteiger charge is -2.31. The van der Waals surface area contributed by atoms with Crippen molar-refractivity contribution in [1.29, 1.82) is 0 Å². The average molecular weight is 872 g/mol. The molecule has 0 aliphatic carbocycles. The standard InChI is InChI=1S/C36H45N5O4S.2C2HF3O2/c1-4-26(2)33(39-34(42)19-30-20-37-25-41(30)21-27-11-6-5-7-12-27)23-40(24-35(43)38-32(36(44)45)17-18-46-3)22-29-15-10-14-28-13-8-9-16-31(28)29;2*3-2(4,5)1(6)7/h5-16,20,25-26,32-33H,4,17-19,21-24H2,1-3H3,(H,38,43)(H,39,42)(H,44,45);2*(H,6,7)/t26-,32-,33+;;/m0../s1. The maximum absolute atomic E-state index is 13.5. The number of carboxylic acid groups (broad SMARTS) is 3. The lowest BCUT2D eigenvalue weighted by Crippen LogP contribution is -2.51. The van der Waals surface area contributed by atoms with Gasteiger partial charge in [0.25, 0.3) is 0 Å². The quantitative estimate of drug-likeness (QED) is 0.0711. The van der Waals surface area contributed by atoms with Gasteiger partial charge in [-0.3, -0.25) is 14.5 Å². The zero-order valence-electron chi connectivity index (χ0n) is 32.9. The van der Waals surface area contributed by atoms with Crippen LogP contribution < -0.4 is 10.6 Å². The number of imidazole rings is 1. The second kappa shape index (κ2) is 24.5. The van der Waals surface area contributed by atoms with Crippen molar-refractivity contribution >= 4 is 52.3 Å². The molecule has 3 aromatic carbocycles. The molecule has 13 nitrogen and oxygen atoms in total. The third-order valence-electron chi connectivity index (χ3n) is 8.84. The van der Waals surface area contributed by atoms with E-state index in [0.717, 1.165) is 34.0 Å². The first-order chi connectivity index (χ1) is 28.2. The number of thioether (sulfide) groups is 1. The van der Waals surface area contributed by atoms with Crippen molar-refractivity contribution in [2.75, 3.05) is 25.1 Å². The number of rotatable bonds is 18. The predicted octanol–water partition coefficient (Wildman–Crippen LogP) is 6.25. The van der Waals surface area contributed by atoms with Gasteiger partial charge >= 0.3 is 30.3 Å². The van der Waals surface area contributed by atoms with E-state index < -0.39 is 36.3 Å². The summed E-state index contributed by atoms with van der Waals surface area (Å²) in [6.07, 6.45) is -3.42. The molecule has 60 heavy (non-hydrogen) atoms. The number of aliphatic carboxylic acids is 3. The third-order valence-corrected chi connectivity index (χ3v) is 9.48. The summed E-state index contributed by atoms with van der Waals surface area (Å²) in [6, 6.07) is 23.1. The summed E-state index contributed by atoms with van der Waals surface area (Å²) >= 11 is 1.54. The Morgan fingerprint density at radius 2 is 1.42 bits per heavy atom. The first-order valence-corrected chi connectivity index (χ1v) is 19.7. The number of carboxylic acids is 3. The first kappa shape index (κ1) is 50.5. The molecule has 0 unspecified atom stereocenters. The number of amides is 2. The van der Waals surface area contributed by atoms with Crippen LogP contribution in [0.15, 0.2) is 85.3 Å². The molecule has 20 heteroatoms. The lowest BCUT2D eigenvalue weighted by atomic mass is 9.97. The van der Waals surface area contributed by atoms with Crippen LogP contribution in [0.2, 0.25) is 0 Å². The molecule has 4 rings (SSSR count). The molecule has 0 aliphatic heterocycles. The highest BCUT2D eigenvalue weighted by Crippen LogP contribution is 2.21. The molecule has 1 heterocycles. The fourth-order valence-electron chi connectivity index (χ4n) is 5.56. The number of benzene rings is 3. The molecule has 0 aliphatic rings. The zero-order chi connectivity index (χ0) is 45.0. The van der Waals surface area contributed by atoms with Crippen LogP contribution in [0.5, 0.6) is 0 Å². The summed E-state index contributed by atoms with van der Waals surface area (Å²) in [5.74, 6) is -6.27. The lowest BCUT2D eigenvalue weighted by molar-refractivity contribution is -0.193. The number of nitrogens with zero attached hydrogens (tertiary/aromatic N) is 3. The van der Waals surface area contributed by atoms with Crippen molar-refractivity contribution in [1.82, 2.24) is 25.1 Å². The van der Waals surface area contributed by atoms with Crippen LogP contribution in [-0.4, -0.2) is 109 Å². The number of carbonyl (C=O) groups is 5. The van der Waals surface area contributed by atoms with Crippen LogP contribution in [0.4, 0.5) is 26.3 Å². The molecule has 0 fully saturated rings. The van der Waals surface area contributed by atoms with E-state index in [0.29, 0.717) is 31.8 Å². The van der Waals surface area contributed by atoms with Gasteiger partial charge in [0.15, 0.2) is 0 Å². The largest absolute Gasteiger partial charge is 0.490 e. The Hall–Kier alpha value is -5.63. The van der Waals surface area contributed by atoms with E-state index >= 15 is 0 Å². The van der Waals surface area contributed by atoms with Gasteiger partial charge in [-0.2, -0.15) is 38.1 Å². The number of carbonyl (C=O) groups excluding carboxylic acids is 2. The Bertz CT molecular complexity index is 1970. The first-order valence-electron chi connectivity index (χ1n) is 18.3. The Labute approximate surface area is 346 Å². The molecule has 2 amide bonds. The summed E-state index contributed by atoms with van der Waals surface area (Å²) < 4.78 is 65.5. The molecule has 1 aromatic heterocycles. The predicted molar refractivity (Wildman–Crippen MR) is 212 cm³/mol. The van der Waals surface area contributed by atoms with E-state index in [2.05, 4.69) is 53.7 Å². The summed E-state index contributed by atoms with van der Waals surface area (Å²) in [4.78, 5) is 62.8. The minimum absolute atomic E-state index is 0.00107. The fraction of sp³-hybridized carbons (Fsp3) is 0.400. The smallest absolute Gasteiger partial charge is 0.480 e. The van der Waals surface area contributed by atoms with Gasteiger partial charge < -0.3 is 30.5 Å². The monoisotopic (exact) mass is 871 g/mol. The van der Waals surface area contributed by atoms with E-state index in [9.17, 15) is 45.8 Å². The van der Waals surface area contributed by atoms with Crippen LogP contribution >= 0.6 is 11.8 Å². The summed E-state index contributed by atoms with van der Waals surface area (Å²) in [7, 11) is 0. The van der Waals surface area contributed by atoms with Crippen molar-refractivity contribution in [2.24, 2.45) is 5.92 Å². The molecule has 328 valence electrons. The molecule has 0 spiro atoms. The molecule has 0 saturated carbocycles. The summed E-state index contributed by atoms with van der Waals surface area (Å²) in [5, 5.41) is 32.1. The SMILES string of the molecule is CC[C@H](C)[C@@H](CN(CC(=O)N[C@@H](CCSC)C(=O)O)Cc1cccc2ccccc12)NC(=O)Cc1cncn1Cc1ccccc1.O=C(O)C(F)(F)F.O=C(O)C(F)(F)F. The van der Waals surface area contributed by atoms with Crippen LogP contribution in [0.1, 0.15) is 43.5 Å². The number of nitrogens with one attached hydrogen (secondary N) is 2. The van der Waals surface area contributed by atoms with Gasteiger partial charge in [-0.05, 0) is 46.2 Å². The van der Waals surface area contributed by atoms with Crippen molar-refractivity contribution in [2.45, 2.75) is 70.6 Å². The van der Waals surface area contributed by atoms with E-state index in [1.807, 2.05) is 64.3 Å². The minimum atomic E-state index is -5.08. The highest BCUT2D eigenvalue weighted by atomic mass is 32.2. The van der Waals surface area contributed by atoms with Gasteiger partial charge in [0.1, 0.15) is 6.04 Å². The summed E-state index contributed by atoms with van der Waals surface area (Å²) in [5.41, 5.74) is 3.00. The van der Waals surface area contributed by atoms with Crippen molar-refractivity contribution in [3.63, 3.8) is 0 Å². The number of fused-ring (bicyclic) bond motifs is 1. The molecule has 0 radical (unpaired) electrons. The Kier molecular flexibility index (Phi) is 20.6. The average Bonchev–Trinajstić information content (AvgIpc) is 3.61. The molecule has 0 bridgehead atoms. The third kappa shape index (κ3) is 18.1. The highest BCUT2D eigenvalue weighted by Gasteiger charge is 2.39. The normalized spacial score (nSPS) is 12.8. The van der Waals surface area contributed by atoms with Gasteiger partial charge in [-0.25, -0.2) is 19.4 Å². The maximum atomic E-state index is 13.5. The molecule has 4 aromatic rings. The van der Waals surface area contributed by atoms with Crippen molar-refractivity contribution in [3.05, 3.63) is 102 Å². The number of aromatic nitrogens is 2. The second-order valence-electron chi connectivity index (χ2n) is 13.4. The van der Waals surface area contributed by atoms with Gasteiger partial charge in [-0.1, -0.05) is 93.1 Å². The van der Waals surface area contributed by atoms with Crippen LogP contribution in [0.25, 0.3) is 10.8 Å². The topological polar surface area (TPSA) is 191 Å². The van der Waals surface area contributed by atoms with E-state index in [4.69, 9.17) is 19.8 Å². The molecular formula is C40H47F6N5O8S. The van der Waals surface area contributed by atoms with Crippen LogP contribution in [0, 0.1) is 5.92 Å². The van der Waals surface area contributed by atoms with Crippen molar-refractivity contribution < 1.29 is 65.6 Å². The fourth-order valence-corrected chi connectivity index (χ4v) is 6.03. The van der Waals surface area contributed by atoms with Gasteiger partial charge in [-0.15, -0.1) is 0 Å². The Morgan fingerprint density at radius 1 is 0.833 bits per heavy atom. The maximum Gasteiger partial charge on any atom is 0.490 e. The molecular weight excluding hydrogens is 825 g/mol.